The molecule has 0 saturated heterocycles. The van der Waals surface area contributed by atoms with Crippen LogP contribution in [0.3, 0.4) is 0 Å². The molecule has 4 nitrogen and oxygen atoms in total. The van der Waals surface area contributed by atoms with Gasteiger partial charge in [0.1, 0.15) is 6.61 Å². The lowest BCUT2D eigenvalue weighted by Gasteiger charge is -1.99. The van der Waals surface area contributed by atoms with Crippen LogP contribution in [0.4, 0.5) is 4.79 Å². The number of carbonyl (C=O) groups excluding carboxylic acids is 1. The van der Waals surface area contributed by atoms with Crippen LogP contribution >= 0.6 is 0 Å². The number of primary amides is 1. The molecule has 1 unspecified atom stereocenters. The van der Waals surface area contributed by atoms with Gasteiger partial charge in [-0.25, -0.2) is 5.32 Å². The molecule has 11 heavy (non-hydrogen) atoms. The standard InChI is InChI=1S/C5H11NO3S2/c1-6-5(7)9-3-4-11(2,8)10/h3-4H2,1-2H3,(H,6,7)/p+1. The second-order valence-electron chi connectivity index (χ2n) is 2.09. The smallest absolute Gasteiger partial charge is 0.419 e. The van der Waals surface area contributed by atoms with Crippen LogP contribution in [0.2, 0.25) is 0 Å². The first kappa shape index (κ1) is 10.8. The summed E-state index contributed by atoms with van der Waals surface area (Å²) in [4.78, 5) is 10.5. The predicted octanol–water partition coefficient (Wildman–Crippen LogP) is -1.31. The lowest BCUT2D eigenvalue weighted by Crippen LogP contribution is -2.84. The van der Waals surface area contributed by atoms with Crippen molar-refractivity contribution >= 4 is 25.8 Å². The van der Waals surface area contributed by atoms with E-state index in [0.717, 1.165) is 0 Å². The highest BCUT2D eigenvalue weighted by Gasteiger charge is 2.04. The molecule has 0 aromatic heterocycles. The Bertz CT molecular complexity index is 222. The van der Waals surface area contributed by atoms with Crippen molar-refractivity contribution in [1.29, 1.82) is 0 Å². The minimum atomic E-state index is -2.19. The number of nitrogens with two attached hydrogens (primary N) is 1. The van der Waals surface area contributed by atoms with Gasteiger partial charge in [-0.15, -0.1) is 0 Å². The van der Waals surface area contributed by atoms with E-state index in [1.807, 2.05) is 0 Å². The summed E-state index contributed by atoms with van der Waals surface area (Å²) >= 11 is 4.60. The van der Waals surface area contributed by atoms with Crippen LogP contribution < -0.4 is 5.32 Å². The van der Waals surface area contributed by atoms with Crippen LogP contribution in [0, 0.1) is 0 Å². The summed E-state index contributed by atoms with van der Waals surface area (Å²) in [5.41, 5.74) is 0. The zero-order chi connectivity index (χ0) is 8.91. The van der Waals surface area contributed by atoms with Crippen molar-refractivity contribution < 1.29 is 19.1 Å². The van der Waals surface area contributed by atoms with Crippen LogP contribution in [-0.4, -0.2) is 36.0 Å². The maximum absolute atomic E-state index is 10.9. The number of ether oxygens (including phenoxy) is 1. The summed E-state index contributed by atoms with van der Waals surface area (Å²) < 4.78 is 15.5. The Morgan fingerprint density at radius 3 is 2.64 bits per heavy atom. The van der Waals surface area contributed by atoms with E-state index >= 15 is 0 Å². The molecule has 0 aliphatic rings. The van der Waals surface area contributed by atoms with E-state index in [2.05, 4.69) is 15.9 Å². The molecular weight excluding hydrogens is 186 g/mol. The molecule has 66 valence electrons. The van der Waals surface area contributed by atoms with Crippen molar-refractivity contribution in [2.24, 2.45) is 0 Å². The Labute approximate surface area is 71.0 Å². The van der Waals surface area contributed by atoms with Crippen molar-refractivity contribution in [3.63, 3.8) is 0 Å². The highest BCUT2D eigenvalue weighted by atomic mass is 32.8. The van der Waals surface area contributed by atoms with Crippen LogP contribution in [0.1, 0.15) is 0 Å². The van der Waals surface area contributed by atoms with E-state index < -0.39 is 14.6 Å². The first-order valence-corrected chi connectivity index (χ1v) is 6.15. The van der Waals surface area contributed by atoms with Gasteiger partial charge in [0.2, 0.25) is 0 Å². The first-order valence-electron chi connectivity index (χ1n) is 3.09. The third-order valence-corrected chi connectivity index (χ3v) is 2.34. The third-order valence-electron chi connectivity index (χ3n) is 0.934. The molecule has 1 atom stereocenters. The van der Waals surface area contributed by atoms with Gasteiger partial charge in [-0.2, -0.15) is 4.79 Å². The quantitative estimate of drug-likeness (QED) is 0.612. The lowest BCUT2D eigenvalue weighted by atomic mass is 10.8. The minimum absolute atomic E-state index is 0.141. The van der Waals surface area contributed by atoms with Gasteiger partial charge in [-0.3, -0.25) is 4.21 Å². The fraction of sp³-hybridized carbons (Fsp3) is 0.800. The molecule has 0 bridgehead atoms. The van der Waals surface area contributed by atoms with Crippen LogP contribution in [0.25, 0.3) is 0 Å². The van der Waals surface area contributed by atoms with Gasteiger partial charge >= 0.3 is 6.09 Å². The Hall–Kier alpha value is -0.200. The molecular formula is C5H12NO3S2+. The molecule has 0 fully saturated rings. The number of hydrogen-bond acceptors (Lipinski definition) is 4. The number of carbonyl (C=O) groups is 1. The fourth-order valence-electron chi connectivity index (χ4n) is 0.377. The SMILES string of the molecule is C[NH2+]C(=O)OCCS(C)(=O)=S. The van der Waals surface area contributed by atoms with Gasteiger partial charge in [0, 0.05) is 14.7 Å². The maximum atomic E-state index is 10.9. The normalized spacial score (nSPS) is 15.5. The largest absolute Gasteiger partial charge is 0.512 e. The number of hydrogen-bond donors (Lipinski definition) is 1. The highest BCUT2D eigenvalue weighted by Crippen LogP contribution is 1.83. The Morgan fingerprint density at radius 1 is 1.73 bits per heavy atom. The number of quaternary nitrogens is 1. The highest BCUT2D eigenvalue weighted by molar-refractivity contribution is 8.32. The lowest BCUT2D eigenvalue weighted by molar-refractivity contribution is -0.539. The van der Waals surface area contributed by atoms with Gasteiger partial charge < -0.3 is 4.74 Å². The first-order chi connectivity index (χ1) is 4.95. The van der Waals surface area contributed by atoms with Gasteiger partial charge in [-0.05, 0) is 11.2 Å². The van der Waals surface area contributed by atoms with E-state index in [1.165, 1.54) is 11.6 Å². The molecule has 0 saturated carbocycles. The van der Waals surface area contributed by atoms with Gasteiger partial charge in [-0.1, -0.05) is 0 Å². The molecule has 2 N–H and O–H groups in total. The molecule has 0 aliphatic carbocycles. The Kier molecular flexibility index (Phi) is 4.55. The monoisotopic (exact) mass is 198 g/mol. The molecule has 0 aromatic carbocycles. The zero-order valence-electron chi connectivity index (χ0n) is 6.53. The van der Waals surface area contributed by atoms with Crippen molar-refractivity contribution in [2.75, 3.05) is 25.7 Å². The van der Waals surface area contributed by atoms with E-state index in [0.29, 0.717) is 0 Å². The average molecular weight is 198 g/mol. The summed E-state index contributed by atoms with van der Waals surface area (Å²) in [6, 6.07) is 0. The minimum Gasteiger partial charge on any atom is -0.419 e. The van der Waals surface area contributed by atoms with E-state index in [1.54, 1.807) is 7.05 Å². The van der Waals surface area contributed by atoms with Crippen LogP contribution in [0.15, 0.2) is 0 Å². The molecule has 0 rings (SSSR count). The van der Waals surface area contributed by atoms with Crippen molar-refractivity contribution in [3.8, 4) is 0 Å². The molecule has 0 radical (unpaired) electrons. The predicted molar refractivity (Wildman–Crippen MR) is 45.5 cm³/mol. The summed E-state index contributed by atoms with van der Waals surface area (Å²) in [5.74, 6) is 0.252. The molecule has 0 spiro atoms. The topological polar surface area (TPSA) is 60.0 Å². The zero-order valence-corrected chi connectivity index (χ0v) is 8.17. The molecule has 0 aromatic rings. The van der Waals surface area contributed by atoms with E-state index in [9.17, 15) is 9.00 Å². The van der Waals surface area contributed by atoms with Crippen LogP contribution in [0.5, 0.6) is 0 Å². The van der Waals surface area contributed by atoms with Gasteiger partial charge in [0.15, 0.2) is 0 Å². The summed E-state index contributed by atoms with van der Waals surface area (Å²) in [6.45, 7) is 0.141. The van der Waals surface area contributed by atoms with Gasteiger partial charge in [0.05, 0.1) is 12.8 Å². The fourth-order valence-corrected chi connectivity index (χ4v) is 0.967. The number of amides is 1. The maximum Gasteiger partial charge on any atom is 0.512 e. The van der Waals surface area contributed by atoms with E-state index in [-0.39, 0.29) is 12.4 Å². The summed E-state index contributed by atoms with van der Waals surface area (Å²) in [7, 11) is -0.603. The van der Waals surface area contributed by atoms with Crippen LogP contribution in [-0.2, 0) is 24.4 Å². The molecule has 0 heterocycles. The second kappa shape index (κ2) is 4.63. The molecule has 1 amide bonds. The van der Waals surface area contributed by atoms with Crippen molar-refractivity contribution in [1.82, 2.24) is 0 Å². The van der Waals surface area contributed by atoms with E-state index in [4.69, 9.17) is 0 Å². The van der Waals surface area contributed by atoms with Crippen molar-refractivity contribution in [3.05, 3.63) is 0 Å². The number of rotatable bonds is 3. The summed E-state index contributed by atoms with van der Waals surface area (Å²) in [5, 5.41) is 1.31. The van der Waals surface area contributed by atoms with Crippen molar-refractivity contribution in [2.45, 2.75) is 0 Å². The Balaban J connectivity index is 3.51. The molecule has 6 heteroatoms. The average Bonchev–Trinajstić information content (AvgIpc) is 1.85. The second-order valence-corrected chi connectivity index (χ2v) is 6.46. The van der Waals surface area contributed by atoms with Gasteiger partial charge in [0.25, 0.3) is 0 Å². The summed E-state index contributed by atoms with van der Waals surface area (Å²) in [6.07, 6.45) is 1.06. The third kappa shape index (κ3) is 7.70. The Morgan fingerprint density at radius 2 is 2.27 bits per heavy atom. The molecule has 0 aliphatic heterocycles.